The van der Waals surface area contributed by atoms with Crippen molar-refractivity contribution in [3.63, 3.8) is 0 Å². The molecule has 0 saturated carbocycles. The Hall–Kier alpha value is -3.24. The number of benzene rings is 3. The fourth-order valence-electron chi connectivity index (χ4n) is 3.67. The Bertz CT molecular complexity index is 1160. The summed E-state index contributed by atoms with van der Waals surface area (Å²) in [4.78, 5) is 0. The van der Waals surface area contributed by atoms with Gasteiger partial charge in [0.05, 0.1) is 17.6 Å². The number of phenolic OH excluding ortho intramolecular Hbond substituents is 1. The molecule has 0 bridgehead atoms. The van der Waals surface area contributed by atoms with Crippen molar-refractivity contribution in [1.29, 1.82) is 0 Å². The van der Waals surface area contributed by atoms with Gasteiger partial charge in [-0.25, -0.2) is 0 Å². The predicted octanol–water partition coefficient (Wildman–Crippen LogP) is 6.26. The highest BCUT2D eigenvalue weighted by Gasteiger charge is 2.14. The molecule has 0 spiro atoms. The van der Waals surface area contributed by atoms with Crippen LogP contribution in [0.5, 0.6) is 11.5 Å². The lowest BCUT2D eigenvalue weighted by molar-refractivity contribution is 0.343. The van der Waals surface area contributed by atoms with Crippen molar-refractivity contribution in [2.75, 3.05) is 12.5 Å². The van der Waals surface area contributed by atoms with E-state index in [1.807, 2.05) is 30.5 Å². The standard InChI is InChI=1S/C25H23ClN2O2/c1-2-23(19-7-12-24-20(15-19)16-27-28-24)25(17-3-8-21(29)9-4-17)18-5-10-22(11-6-18)30-14-13-26/h3-12,15-16,29H,2,13-14H2,1H3,(H,27,28)/b25-23+. The molecule has 0 aliphatic carbocycles. The maximum Gasteiger partial charge on any atom is 0.119 e. The third kappa shape index (κ3) is 4.19. The summed E-state index contributed by atoms with van der Waals surface area (Å²) in [5.74, 6) is 1.50. The van der Waals surface area contributed by atoms with Crippen LogP contribution in [0.1, 0.15) is 30.0 Å². The summed E-state index contributed by atoms with van der Waals surface area (Å²) in [6.07, 6.45) is 2.69. The lowest BCUT2D eigenvalue weighted by Gasteiger charge is -2.17. The van der Waals surface area contributed by atoms with Gasteiger partial charge >= 0.3 is 0 Å². The highest BCUT2D eigenvalue weighted by Crippen LogP contribution is 2.36. The largest absolute Gasteiger partial charge is 0.508 e. The molecule has 3 aromatic carbocycles. The molecular formula is C25H23ClN2O2. The van der Waals surface area contributed by atoms with E-state index in [1.165, 1.54) is 5.57 Å². The lowest BCUT2D eigenvalue weighted by atomic mass is 9.88. The molecule has 2 N–H and O–H groups in total. The second kappa shape index (κ2) is 9.06. The van der Waals surface area contributed by atoms with E-state index >= 15 is 0 Å². The summed E-state index contributed by atoms with van der Waals surface area (Å²) in [5, 5.41) is 18.0. The van der Waals surface area contributed by atoms with Crippen molar-refractivity contribution in [1.82, 2.24) is 10.2 Å². The van der Waals surface area contributed by atoms with E-state index in [9.17, 15) is 5.11 Å². The summed E-state index contributed by atoms with van der Waals surface area (Å²) in [6.45, 7) is 2.64. The number of hydrogen-bond acceptors (Lipinski definition) is 3. The number of aromatic nitrogens is 2. The summed E-state index contributed by atoms with van der Waals surface area (Å²) in [6, 6.07) is 21.8. The second-order valence-corrected chi connectivity index (χ2v) is 7.37. The van der Waals surface area contributed by atoms with Crippen LogP contribution in [0.4, 0.5) is 0 Å². The highest BCUT2D eigenvalue weighted by molar-refractivity contribution is 6.18. The summed E-state index contributed by atoms with van der Waals surface area (Å²) in [7, 11) is 0. The Morgan fingerprint density at radius 3 is 2.30 bits per heavy atom. The van der Waals surface area contributed by atoms with Gasteiger partial charge in [0.2, 0.25) is 0 Å². The van der Waals surface area contributed by atoms with Crippen molar-refractivity contribution in [3.8, 4) is 11.5 Å². The molecule has 1 heterocycles. The molecular weight excluding hydrogens is 396 g/mol. The molecule has 4 aromatic rings. The third-order valence-electron chi connectivity index (χ3n) is 5.09. The van der Waals surface area contributed by atoms with Crippen LogP contribution in [-0.2, 0) is 0 Å². The Balaban J connectivity index is 1.87. The number of fused-ring (bicyclic) bond motifs is 1. The first-order valence-electron chi connectivity index (χ1n) is 9.95. The van der Waals surface area contributed by atoms with E-state index in [4.69, 9.17) is 16.3 Å². The van der Waals surface area contributed by atoms with Crippen LogP contribution in [-0.4, -0.2) is 27.8 Å². The number of ether oxygens (including phenoxy) is 1. The van der Waals surface area contributed by atoms with Crippen LogP contribution < -0.4 is 4.74 Å². The number of aromatic amines is 1. The van der Waals surface area contributed by atoms with Crippen molar-refractivity contribution in [3.05, 3.63) is 89.6 Å². The minimum Gasteiger partial charge on any atom is -0.508 e. The Labute approximate surface area is 180 Å². The summed E-state index contributed by atoms with van der Waals surface area (Å²) >= 11 is 5.73. The van der Waals surface area contributed by atoms with Gasteiger partial charge < -0.3 is 9.84 Å². The van der Waals surface area contributed by atoms with Gasteiger partial charge in [-0.05, 0) is 70.7 Å². The SMILES string of the molecule is CC/C(=C(/c1ccc(O)cc1)c1ccc(OCCCl)cc1)c1ccc2[nH]ncc2c1. The molecule has 0 unspecified atom stereocenters. The molecule has 0 aliphatic heterocycles. The number of allylic oxidation sites excluding steroid dienone is 1. The van der Waals surface area contributed by atoms with E-state index < -0.39 is 0 Å². The Morgan fingerprint density at radius 1 is 0.967 bits per heavy atom. The van der Waals surface area contributed by atoms with Crippen molar-refractivity contribution >= 4 is 33.7 Å². The maximum atomic E-state index is 9.78. The molecule has 30 heavy (non-hydrogen) atoms. The average molecular weight is 419 g/mol. The van der Waals surface area contributed by atoms with Crippen LogP contribution in [0, 0.1) is 0 Å². The quantitative estimate of drug-likeness (QED) is 0.275. The highest BCUT2D eigenvalue weighted by atomic mass is 35.5. The predicted molar refractivity (Wildman–Crippen MR) is 123 cm³/mol. The first kappa shape index (κ1) is 20.0. The molecule has 0 fully saturated rings. The molecule has 4 rings (SSSR count). The third-order valence-corrected chi connectivity index (χ3v) is 5.24. The van der Waals surface area contributed by atoms with Crippen LogP contribution in [0.2, 0.25) is 0 Å². The van der Waals surface area contributed by atoms with Gasteiger partial charge in [-0.15, -0.1) is 11.6 Å². The first-order chi connectivity index (χ1) is 14.7. The zero-order valence-corrected chi connectivity index (χ0v) is 17.5. The number of nitrogens with one attached hydrogen (secondary N) is 1. The molecule has 5 heteroatoms. The van der Waals surface area contributed by atoms with Gasteiger partial charge in [0.25, 0.3) is 0 Å². The number of aromatic hydroxyl groups is 1. The zero-order valence-electron chi connectivity index (χ0n) is 16.7. The van der Waals surface area contributed by atoms with E-state index in [-0.39, 0.29) is 5.75 Å². The average Bonchev–Trinajstić information content (AvgIpc) is 3.25. The molecule has 0 radical (unpaired) electrons. The number of nitrogens with zero attached hydrogens (tertiary/aromatic N) is 1. The van der Waals surface area contributed by atoms with E-state index in [1.54, 1.807) is 12.1 Å². The van der Waals surface area contributed by atoms with E-state index in [2.05, 4.69) is 47.5 Å². The number of rotatable bonds is 7. The van der Waals surface area contributed by atoms with Crippen LogP contribution >= 0.6 is 11.6 Å². The smallest absolute Gasteiger partial charge is 0.119 e. The zero-order chi connectivity index (χ0) is 20.9. The van der Waals surface area contributed by atoms with Crippen LogP contribution in [0.15, 0.2) is 72.9 Å². The van der Waals surface area contributed by atoms with Gasteiger partial charge in [-0.2, -0.15) is 5.10 Å². The molecule has 0 amide bonds. The lowest BCUT2D eigenvalue weighted by Crippen LogP contribution is -1.99. The normalized spacial score (nSPS) is 12.1. The monoisotopic (exact) mass is 418 g/mol. The molecule has 152 valence electrons. The van der Waals surface area contributed by atoms with Gasteiger partial charge in [0.15, 0.2) is 0 Å². The Kier molecular flexibility index (Phi) is 6.05. The van der Waals surface area contributed by atoms with Crippen molar-refractivity contribution in [2.45, 2.75) is 13.3 Å². The maximum absolute atomic E-state index is 9.78. The number of hydrogen-bond donors (Lipinski definition) is 2. The number of alkyl halides is 1. The topological polar surface area (TPSA) is 58.1 Å². The van der Waals surface area contributed by atoms with Gasteiger partial charge in [-0.1, -0.05) is 37.3 Å². The van der Waals surface area contributed by atoms with E-state index in [0.717, 1.165) is 45.3 Å². The van der Waals surface area contributed by atoms with Crippen molar-refractivity contribution < 1.29 is 9.84 Å². The molecule has 0 aliphatic rings. The molecule has 4 nitrogen and oxygen atoms in total. The minimum absolute atomic E-state index is 0.251. The summed E-state index contributed by atoms with van der Waals surface area (Å²) in [5.41, 5.74) is 6.65. The molecule has 1 aromatic heterocycles. The fourth-order valence-corrected chi connectivity index (χ4v) is 3.75. The minimum atomic E-state index is 0.251. The van der Waals surface area contributed by atoms with Gasteiger partial charge in [0.1, 0.15) is 18.1 Å². The number of halogens is 1. The van der Waals surface area contributed by atoms with Gasteiger partial charge in [-0.3, -0.25) is 5.10 Å². The molecule has 0 atom stereocenters. The Morgan fingerprint density at radius 2 is 1.63 bits per heavy atom. The van der Waals surface area contributed by atoms with Gasteiger partial charge in [0, 0.05) is 5.39 Å². The van der Waals surface area contributed by atoms with Crippen LogP contribution in [0.3, 0.4) is 0 Å². The second-order valence-electron chi connectivity index (χ2n) is 6.99. The number of phenols is 1. The number of H-pyrrole nitrogens is 1. The van der Waals surface area contributed by atoms with Crippen molar-refractivity contribution in [2.24, 2.45) is 0 Å². The summed E-state index contributed by atoms with van der Waals surface area (Å²) < 4.78 is 5.63. The van der Waals surface area contributed by atoms with Crippen LogP contribution in [0.25, 0.3) is 22.0 Å². The first-order valence-corrected chi connectivity index (χ1v) is 10.5. The molecule has 0 saturated heterocycles. The fraction of sp³-hybridized carbons (Fsp3) is 0.160. The van der Waals surface area contributed by atoms with E-state index in [0.29, 0.717) is 12.5 Å².